The molecular weight excluding hydrogens is 390 g/mol. The summed E-state index contributed by atoms with van der Waals surface area (Å²) in [4.78, 5) is 9.89. The topological polar surface area (TPSA) is 25.2 Å². The number of hydrogen-bond donors (Lipinski definition) is 0. The summed E-state index contributed by atoms with van der Waals surface area (Å²) >= 11 is 0. The van der Waals surface area contributed by atoms with E-state index < -0.39 is 0 Å². The van der Waals surface area contributed by atoms with E-state index in [0.717, 1.165) is 48.2 Å². The predicted octanol–water partition coefficient (Wildman–Crippen LogP) is 6.51. The van der Waals surface area contributed by atoms with Crippen molar-refractivity contribution in [3.8, 4) is 0 Å². The maximum atomic E-state index is 5.19. The molecule has 2 heterocycles. The number of benzene rings is 3. The molecule has 1 aliphatic rings. The van der Waals surface area contributed by atoms with E-state index in [1.54, 1.807) is 0 Å². The van der Waals surface area contributed by atoms with Gasteiger partial charge in [0.25, 0.3) is 0 Å². The first-order chi connectivity index (χ1) is 15.8. The van der Waals surface area contributed by atoms with Gasteiger partial charge < -0.3 is 0 Å². The summed E-state index contributed by atoms with van der Waals surface area (Å²) in [7, 11) is 0. The lowest BCUT2D eigenvalue weighted by Gasteiger charge is -2.35. The second kappa shape index (κ2) is 9.29. The molecule has 1 atom stereocenters. The average Bonchev–Trinajstić information content (AvgIpc) is 3.16. The Kier molecular flexibility index (Phi) is 5.91. The van der Waals surface area contributed by atoms with Crippen LogP contribution < -0.4 is 4.48 Å². The van der Waals surface area contributed by atoms with Crippen LogP contribution in [0.25, 0.3) is 0 Å². The number of quaternary nitrogens is 1. The maximum Gasteiger partial charge on any atom is 0.209 e. The fourth-order valence-corrected chi connectivity index (χ4v) is 4.70. The smallest absolute Gasteiger partial charge is 0.209 e. The molecule has 4 aromatic rings. The zero-order chi connectivity index (χ0) is 21.6. The van der Waals surface area contributed by atoms with Crippen LogP contribution in [0.15, 0.2) is 114 Å². The lowest BCUT2D eigenvalue weighted by atomic mass is 10.1. The standard InChI is InChI=1S/C29H28N3/c1-3-11-24(12-4-1)18-19-29-31-27-16-7-8-17-28(27)32(29,23-26-15-9-10-21-30-26)22-20-25-13-5-2-6-14-25/h1-17,21H,18-20,22-23H2/q+1. The Hall–Kier alpha value is -3.56. The van der Waals surface area contributed by atoms with E-state index in [1.165, 1.54) is 22.6 Å². The normalized spacial score (nSPS) is 17.1. The maximum absolute atomic E-state index is 5.19. The van der Waals surface area contributed by atoms with E-state index in [9.17, 15) is 0 Å². The van der Waals surface area contributed by atoms with Crippen molar-refractivity contribution in [1.29, 1.82) is 0 Å². The molecule has 1 aliphatic heterocycles. The molecule has 0 bridgehead atoms. The van der Waals surface area contributed by atoms with Crippen molar-refractivity contribution in [2.24, 2.45) is 4.99 Å². The molecule has 0 amide bonds. The van der Waals surface area contributed by atoms with Crippen LogP contribution in [0.5, 0.6) is 0 Å². The van der Waals surface area contributed by atoms with E-state index in [-0.39, 0.29) is 0 Å². The minimum Gasteiger partial charge on any atom is -0.255 e. The van der Waals surface area contributed by atoms with Gasteiger partial charge in [-0.15, -0.1) is 0 Å². The van der Waals surface area contributed by atoms with Gasteiger partial charge in [0.1, 0.15) is 12.2 Å². The van der Waals surface area contributed by atoms with E-state index in [0.29, 0.717) is 0 Å². The summed E-state index contributed by atoms with van der Waals surface area (Å²) in [5, 5.41) is 0. The zero-order valence-corrected chi connectivity index (χ0v) is 18.3. The first-order valence-electron chi connectivity index (χ1n) is 11.4. The summed E-state index contributed by atoms with van der Waals surface area (Å²) in [5.74, 6) is 1.23. The molecule has 3 aromatic carbocycles. The number of amidine groups is 1. The van der Waals surface area contributed by atoms with Gasteiger partial charge in [0.2, 0.25) is 5.84 Å². The Bertz CT molecular complexity index is 1190. The van der Waals surface area contributed by atoms with Gasteiger partial charge >= 0.3 is 0 Å². The lowest BCUT2D eigenvalue weighted by molar-refractivity contribution is 0.402. The molecule has 0 N–H and O–H groups in total. The molecule has 1 aromatic heterocycles. The first-order valence-corrected chi connectivity index (χ1v) is 11.4. The molecule has 0 aliphatic carbocycles. The Morgan fingerprint density at radius 3 is 1.97 bits per heavy atom. The SMILES string of the molecule is c1ccc(CCC2=Nc3ccccc3[N+]2(CCc2ccccc2)Cc2ccccn2)cc1. The molecule has 32 heavy (non-hydrogen) atoms. The summed E-state index contributed by atoms with van der Waals surface area (Å²) in [6.45, 7) is 1.78. The summed E-state index contributed by atoms with van der Waals surface area (Å²) < 4.78 is 0.745. The largest absolute Gasteiger partial charge is 0.255 e. The Labute approximate surface area is 190 Å². The van der Waals surface area contributed by atoms with Crippen LogP contribution in [0.4, 0.5) is 11.4 Å². The number of rotatable bonds is 8. The summed E-state index contributed by atoms with van der Waals surface area (Å²) in [6, 6.07) is 36.3. The van der Waals surface area contributed by atoms with E-state index in [2.05, 4.69) is 97.1 Å². The van der Waals surface area contributed by atoms with Crippen LogP contribution in [0, 0.1) is 0 Å². The Morgan fingerprint density at radius 1 is 0.594 bits per heavy atom. The number of aryl methyl sites for hydroxylation is 1. The highest BCUT2D eigenvalue weighted by molar-refractivity contribution is 6.02. The third-order valence-corrected chi connectivity index (χ3v) is 6.35. The van der Waals surface area contributed by atoms with Gasteiger partial charge in [-0.2, -0.15) is 4.99 Å². The van der Waals surface area contributed by atoms with Crippen LogP contribution in [0.1, 0.15) is 23.2 Å². The number of nitrogens with zero attached hydrogens (tertiary/aromatic N) is 3. The van der Waals surface area contributed by atoms with Crippen LogP contribution in [-0.4, -0.2) is 17.4 Å². The van der Waals surface area contributed by atoms with Crippen LogP contribution in [0.3, 0.4) is 0 Å². The van der Waals surface area contributed by atoms with Crippen LogP contribution in [0.2, 0.25) is 0 Å². The third-order valence-electron chi connectivity index (χ3n) is 6.35. The van der Waals surface area contributed by atoms with Crippen molar-refractivity contribution in [2.75, 3.05) is 6.54 Å². The molecule has 0 spiro atoms. The van der Waals surface area contributed by atoms with Gasteiger partial charge in [-0.25, -0.2) is 4.48 Å². The molecule has 1 unspecified atom stereocenters. The van der Waals surface area contributed by atoms with Gasteiger partial charge in [-0.3, -0.25) is 4.98 Å². The van der Waals surface area contributed by atoms with Crippen LogP contribution in [-0.2, 0) is 19.4 Å². The van der Waals surface area contributed by atoms with Gasteiger partial charge in [0, 0.05) is 25.1 Å². The van der Waals surface area contributed by atoms with Crippen molar-refractivity contribution in [3.63, 3.8) is 0 Å². The average molecular weight is 419 g/mol. The third kappa shape index (κ3) is 4.25. The highest BCUT2D eigenvalue weighted by Gasteiger charge is 2.43. The van der Waals surface area contributed by atoms with Crippen molar-refractivity contribution < 1.29 is 0 Å². The fourth-order valence-electron chi connectivity index (χ4n) is 4.70. The molecule has 0 fully saturated rings. The van der Waals surface area contributed by atoms with Crippen LogP contribution >= 0.6 is 0 Å². The molecule has 158 valence electrons. The number of aliphatic imine (C=N–C) groups is 1. The molecule has 5 rings (SSSR count). The van der Waals surface area contributed by atoms with E-state index in [4.69, 9.17) is 9.98 Å². The molecule has 3 heteroatoms. The summed E-state index contributed by atoms with van der Waals surface area (Å²) in [6.07, 6.45) is 4.81. The Balaban J connectivity index is 1.52. The number of hydrogen-bond acceptors (Lipinski definition) is 2. The highest BCUT2D eigenvalue weighted by atomic mass is 15.4. The van der Waals surface area contributed by atoms with E-state index >= 15 is 0 Å². The van der Waals surface area contributed by atoms with Crippen molar-refractivity contribution in [3.05, 3.63) is 126 Å². The van der Waals surface area contributed by atoms with Crippen molar-refractivity contribution in [1.82, 2.24) is 9.47 Å². The second-order valence-corrected chi connectivity index (χ2v) is 8.41. The molecule has 3 nitrogen and oxygen atoms in total. The predicted molar refractivity (Wildman–Crippen MR) is 133 cm³/mol. The molecular formula is C29H28N3+. The minimum atomic E-state index is 0.745. The zero-order valence-electron chi connectivity index (χ0n) is 18.3. The van der Waals surface area contributed by atoms with Gasteiger partial charge in [-0.1, -0.05) is 78.9 Å². The van der Waals surface area contributed by atoms with Gasteiger partial charge in [0.05, 0.1) is 12.2 Å². The molecule has 0 saturated heterocycles. The molecule has 0 saturated carbocycles. The molecule has 0 radical (unpaired) electrons. The Morgan fingerprint density at radius 2 is 1.25 bits per heavy atom. The van der Waals surface area contributed by atoms with Gasteiger partial charge in [0.15, 0.2) is 5.69 Å². The lowest BCUT2D eigenvalue weighted by Crippen LogP contribution is -2.53. The van der Waals surface area contributed by atoms with Crippen molar-refractivity contribution >= 4 is 17.2 Å². The summed E-state index contributed by atoms with van der Waals surface area (Å²) in [5.41, 5.74) is 6.20. The van der Waals surface area contributed by atoms with Crippen molar-refractivity contribution in [2.45, 2.75) is 25.8 Å². The fraction of sp³-hybridized carbons (Fsp3) is 0.172. The van der Waals surface area contributed by atoms with E-state index in [1.807, 2.05) is 12.3 Å². The first kappa shape index (κ1) is 20.3. The quantitative estimate of drug-likeness (QED) is 0.300. The minimum absolute atomic E-state index is 0.745. The highest BCUT2D eigenvalue weighted by Crippen LogP contribution is 2.43. The second-order valence-electron chi connectivity index (χ2n) is 8.41. The van der Waals surface area contributed by atoms with Gasteiger partial charge in [-0.05, 0) is 35.7 Å². The number of pyridine rings is 1. The number of para-hydroxylation sites is 2. The monoisotopic (exact) mass is 418 g/mol. The number of fused-ring (bicyclic) bond motifs is 1. The number of aromatic nitrogens is 1.